The van der Waals surface area contributed by atoms with Crippen LogP contribution in [0.3, 0.4) is 0 Å². The molecule has 0 bridgehead atoms. The minimum Gasteiger partial charge on any atom is -0.508 e. The van der Waals surface area contributed by atoms with Crippen LogP contribution in [0.2, 0.25) is 5.02 Å². The molecule has 0 saturated carbocycles. The molecular weight excluding hydrogens is 214 g/mol. The van der Waals surface area contributed by atoms with E-state index in [2.05, 4.69) is 4.98 Å². The number of phenolic OH excluding ortho intramolecular Hbond substituents is 1. The zero-order chi connectivity index (χ0) is 10.7. The minimum atomic E-state index is 0.200. The second-order valence-corrected chi connectivity index (χ2v) is 3.35. The van der Waals surface area contributed by atoms with Crippen LogP contribution in [0.15, 0.2) is 42.6 Å². The number of nitrogens with zero attached hydrogens (tertiary/aromatic N) is 1. The highest BCUT2D eigenvalue weighted by atomic mass is 35.5. The van der Waals surface area contributed by atoms with Crippen LogP contribution in [0.5, 0.6) is 17.4 Å². The third-order valence-electron chi connectivity index (χ3n) is 1.76. The predicted molar refractivity (Wildman–Crippen MR) is 57.4 cm³/mol. The lowest BCUT2D eigenvalue weighted by Crippen LogP contribution is -1.86. The Morgan fingerprint density at radius 2 is 1.80 bits per heavy atom. The highest BCUT2D eigenvalue weighted by Gasteiger charge is 1.98. The number of benzene rings is 1. The van der Waals surface area contributed by atoms with Crippen molar-refractivity contribution >= 4 is 11.6 Å². The summed E-state index contributed by atoms with van der Waals surface area (Å²) in [6.07, 6.45) is 1.51. The Labute approximate surface area is 91.9 Å². The fourth-order valence-corrected chi connectivity index (χ4v) is 1.17. The zero-order valence-corrected chi connectivity index (χ0v) is 8.48. The number of pyridine rings is 1. The number of aromatic nitrogens is 1. The van der Waals surface area contributed by atoms with Crippen molar-refractivity contribution in [3.05, 3.63) is 47.6 Å². The van der Waals surface area contributed by atoms with Gasteiger partial charge >= 0.3 is 0 Å². The van der Waals surface area contributed by atoms with Gasteiger partial charge < -0.3 is 9.84 Å². The molecule has 0 radical (unpaired) electrons. The Kier molecular flexibility index (Phi) is 2.74. The Morgan fingerprint density at radius 1 is 1.07 bits per heavy atom. The average Bonchev–Trinajstić information content (AvgIpc) is 2.25. The van der Waals surface area contributed by atoms with E-state index < -0.39 is 0 Å². The van der Waals surface area contributed by atoms with Crippen molar-refractivity contribution in [2.75, 3.05) is 0 Å². The molecule has 0 amide bonds. The highest BCUT2D eigenvalue weighted by Crippen LogP contribution is 2.22. The first-order valence-corrected chi connectivity index (χ1v) is 4.70. The van der Waals surface area contributed by atoms with Gasteiger partial charge in [-0.05, 0) is 30.3 Å². The maximum absolute atomic E-state index is 9.07. The molecule has 2 aromatic rings. The number of phenols is 1. The van der Waals surface area contributed by atoms with Gasteiger partial charge in [-0.15, -0.1) is 0 Å². The monoisotopic (exact) mass is 221 g/mol. The summed E-state index contributed by atoms with van der Waals surface area (Å²) in [5.74, 6) is 1.28. The van der Waals surface area contributed by atoms with Gasteiger partial charge in [-0.3, -0.25) is 0 Å². The molecule has 1 aromatic carbocycles. The molecule has 1 N–H and O–H groups in total. The van der Waals surface area contributed by atoms with E-state index >= 15 is 0 Å². The molecule has 2 rings (SSSR count). The van der Waals surface area contributed by atoms with Gasteiger partial charge in [0.1, 0.15) is 11.5 Å². The van der Waals surface area contributed by atoms with E-state index in [4.69, 9.17) is 21.4 Å². The number of aromatic hydroxyl groups is 1. The number of rotatable bonds is 2. The van der Waals surface area contributed by atoms with Gasteiger partial charge in [-0.1, -0.05) is 11.6 Å². The molecule has 0 spiro atoms. The number of hydrogen-bond acceptors (Lipinski definition) is 3. The third-order valence-corrected chi connectivity index (χ3v) is 1.98. The van der Waals surface area contributed by atoms with Crippen molar-refractivity contribution in [2.24, 2.45) is 0 Å². The first kappa shape index (κ1) is 9.80. The molecule has 4 heteroatoms. The SMILES string of the molecule is Oc1ccc(Oc2ccc(Cl)cn2)cc1. The Bertz CT molecular complexity index is 396. The summed E-state index contributed by atoms with van der Waals surface area (Å²) in [6.45, 7) is 0. The lowest BCUT2D eigenvalue weighted by atomic mass is 10.3. The second kappa shape index (κ2) is 4.19. The smallest absolute Gasteiger partial charge is 0.219 e. The van der Waals surface area contributed by atoms with Gasteiger partial charge in [-0.25, -0.2) is 4.98 Å². The zero-order valence-electron chi connectivity index (χ0n) is 7.72. The topological polar surface area (TPSA) is 42.4 Å². The van der Waals surface area contributed by atoms with Crippen LogP contribution in [0.25, 0.3) is 0 Å². The van der Waals surface area contributed by atoms with Crippen molar-refractivity contribution < 1.29 is 9.84 Å². The van der Waals surface area contributed by atoms with E-state index in [9.17, 15) is 0 Å². The van der Waals surface area contributed by atoms with Crippen molar-refractivity contribution in [1.82, 2.24) is 4.98 Å². The molecule has 0 fully saturated rings. The quantitative estimate of drug-likeness (QED) is 0.847. The minimum absolute atomic E-state index is 0.200. The lowest BCUT2D eigenvalue weighted by Gasteiger charge is -2.03. The average molecular weight is 222 g/mol. The van der Waals surface area contributed by atoms with Crippen LogP contribution in [-0.2, 0) is 0 Å². The molecule has 0 aliphatic heterocycles. The molecule has 0 aliphatic rings. The lowest BCUT2D eigenvalue weighted by molar-refractivity contribution is 0.454. The molecule has 1 aromatic heterocycles. The van der Waals surface area contributed by atoms with E-state index in [-0.39, 0.29) is 5.75 Å². The molecule has 0 atom stereocenters. The fourth-order valence-electron chi connectivity index (χ4n) is 1.06. The van der Waals surface area contributed by atoms with Gasteiger partial charge in [0.15, 0.2) is 0 Å². The molecule has 0 aliphatic carbocycles. The van der Waals surface area contributed by atoms with E-state index in [0.717, 1.165) is 0 Å². The van der Waals surface area contributed by atoms with E-state index in [1.165, 1.54) is 6.20 Å². The van der Waals surface area contributed by atoms with Crippen LogP contribution < -0.4 is 4.74 Å². The van der Waals surface area contributed by atoms with Crippen molar-refractivity contribution in [2.45, 2.75) is 0 Å². The summed E-state index contributed by atoms with van der Waals surface area (Å²) in [5.41, 5.74) is 0. The Hall–Kier alpha value is -1.74. The van der Waals surface area contributed by atoms with Gasteiger partial charge in [-0.2, -0.15) is 0 Å². The number of hydrogen-bond donors (Lipinski definition) is 1. The normalized spacial score (nSPS) is 9.93. The molecule has 76 valence electrons. The maximum atomic E-state index is 9.07. The van der Waals surface area contributed by atoms with E-state index in [1.54, 1.807) is 36.4 Å². The molecule has 3 nitrogen and oxygen atoms in total. The third kappa shape index (κ3) is 2.60. The Balaban J connectivity index is 2.15. The first-order valence-electron chi connectivity index (χ1n) is 4.32. The number of halogens is 1. The number of ether oxygens (including phenoxy) is 1. The molecule has 1 heterocycles. The van der Waals surface area contributed by atoms with Crippen molar-refractivity contribution in [3.63, 3.8) is 0 Å². The van der Waals surface area contributed by atoms with Gasteiger partial charge in [0.25, 0.3) is 0 Å². The molecule has 0 unspecified atom stereocenters. The summed E-state index contributed by atoms with van der Waals surface area (Å²) >= 11 is 5.68. The van der Waals surface area contributed by atoms with Crippen LogP contribution in [0.4, 0.5) is 0 Å². The molecule has 15 heavy (non-hydrogen) atoms. The summed E-state index contributed by atoms with van der Waals surface area (Å²) in [5, 5.41) is 9.63. The van der Waals surface area contributed by atoms with Crippen LogP contribution in [0, 0.1) is 0 Å². The predicted octanol–water partition coefficient (Wildman–Crippen LogP) is 3.23. The summed E-state index contributed by atoms with van der Waals surface area (Å²) < 4.78 is 5.41. The standard InChI is InChI=1S/C11H8ClNO2/c12-8-1-6-11(13-7-8)15-10-4-2-9(14)3-5-10/h1-7,14H. The largest absolute Gasteiger partial charge is 0.508 e. The van der Waals surface area contributed by atoms with Crippen molar-refractivity contribution in [3.8, 4) is 17.4 Å². The fraction of sp³-hybridized carbons (Fsp3) is 0. The molecular formula is C11H8ClNO2. The van der Waals surface area contributed by atoms with E-state index in [0.29, 0.717) is 16.7 Å². The van der Waals surface area contributed by atoms with E-state index in [1.807, 2.05) is 0 Å². The van der Waals surface area contributed by atoms with Crippen molar-refractivity contribution in [1.29, 1.82) is 0 Å². The summed E-state index contributed by atoms with van der Waals surface area (Å²) in [4.78, 5) is 3.98. The summed E-state index contributed by atoms with van der Waals surface area (Å²) in [7, 11) is 0. The summed E-state index contributed by atoms with van der Waals surface area (Å²) in [6, 6.07) is 9.78. The van der Waals surface area contributed by atoms with Crippen LogP contribution in [-0.4, -0.2) is 10.1 Å². The highest BCUT2D eigenvalue weighted by molar-refractivity contribution is 6.30. The first-order chi connectivity index (χ1) is 7.24. The van der Waals surface area contributed by atoms with Gasteiger partial charge in [0.2, 0.25) is 5.88 Å². The van der Waals surface area contributed by atoms with Crippen LogP contribution in [0.1, 0.15) is 0 Å². The second-order valence-electron chi connectivity index (χ2n) is 2.91. The molecule has 0 saturated heterocycles. The maximum Gasteiger partial charge on any atom is 0.219 e. The van der Waals surface area contributed by atoms with Gasteiger partial charge in [0, 0.05) is 12.3 Å². The van der Waals surface area contributed by atoms with Crippen LogP contribution >= 0.6 is 11.6 Å². The van der Waals surface area contributed by atoms with Gasteiger partial charge in [0.05, 0.1) is 5.02 Å². The Morgan fingerprint density at radius 3 is 2.40 bits per heavy atom.